The van der Waals surface area contributed by atoms with Gasteiger partial charge in [0.05, 0.1) is 0 Å². The van der Waals surface area contributed by atoms with Gasteiger partial charge in [0.1, 0.15) is 0 Å². The molecular formula is C7H8N2. The summed E-state index contributed by atoms with van der Waals surface area (Å²) in [7, 11) is 0. The van der Waals surface area contributed by atoms with E-state index in [9.17, 15) is 0 Å². The Kier molecular flexibility index (Phi) is 1.85. The van der Waals surface area contributed by atoms with Gasteiger partial charge in [0, 0.05) is 18.1 Å². The molecule has 0 aliphatic carbocycles. The van der Waals surface area contributed by atoms with E-state index in [1.54, 1.807) is 6.08 Å². The van der Waals surface area contributed by atoms with Crippen LogP contribution in [0.5, 0.6) is 0 Å². The molecule has 0 aliphatic heterocycles. The van der Waals surface area contributed by atoms with Crippen LogP contribution in [0.25, 0.3) is 6.08 Å². The summed E-state index contributed by atoms with van der Waals surface area (Å²) in [4.78, 5) is 2.98. The van der Waals surface area contributed by atoms with Gasteiger partial charge in [-0.2, -0.15) is 0 Å². The van der Waals surface area contributed by atoms with Crippen molar-refractivity contribution in [2.24, 2.45) is 0 Å². The summed E-state index contributed by atoms with van der Waals surface area (Å²) in [5.74, 6) is 0. The molecule has 0 unspecified atom stereocenters. The van der Waals surface area contributed by atoms with Crippen LogP contribution in [0.1, 0.15) is 5.69 Å². The summed E-state index contributed by atoms with van der Waals surface area (Å²) in [5, 5.41) is 6.68. The molecule has 0 saturated heterocycles. The van der Waals surface area contributed by atoms with Gasteiger partial charge in [-0.1, -0.05) is 0 Å². The minimum atomic E-state index is 1.03. The Labute approximate surface area is 53.7 Å². The van der Waals surface area contributed by atoms with Crippen molar-refractivity contribution in [2.75, 3.05) is 0 Å². The summed E-state index contributed by atoms with van der Waals surface area (Å²) in [5.41, 5.74) is 1.03. The minimum Gasteiger partial charge on any atom is -0.362 e. The molecule has 9 heavy (non-hydrogen) atoms. The number of aromatic nitrogens is 1. The molecule has 0 bridgehead atoms. The molecule has 2 N–H and O–H groups in total. The van der Waals surface area contributed by atoms with Gasteiger partial charge in [-0.25, -0.2) is 0 Å². The Morgan fingerprint density at radius 3 is 3.00 bits per heavy atom. The van der Waals surface area contributed by atoms with E-state index in [0.29, 0.717) is 0 Å². The quantitative estimate of drug-likeness (QED) is 0.557. The first kappa shape index (κ1) is 5.82. The second-order valence-electron chi connectivity index (χ2n) is 1.65. The second kappa shape index (κ2) is 2.87. The fraction of sp³-hybridized carbons (Fsp3) is 0. The largest absolute Gasteiger partial charge is 0.362 e. The molecule has 0 saturated carbocycles. The molecular weight excluding hydrogens is 112 g/mol. The summed E-state index contributed by atoms with van der Waals surface area (Å²) in [6.45, 7) is 0. The highest BCUT2D eigenvalue weighted by atomic mass is 14.7. The number of nitrogens with one attached hydrogen (secondary N) is 2. The van der Waals surface area contributed by atoms with Crippen molar-refractivity contribution in [3.8, 4) is 0 Å². The fourth-order valence-electron chi connectivity index (χ4n) is 0.600. The third-order valence-corrected chi connectivity index (χ3v) is 0.994. The average Bonchev–Trinajstić information content (AvgIpc) is 2.34. The molecule has 0 radical (unpaired) electrons. The Morgan fingerprint density at radius 2 is 2.44 bits per heavy atom. The Bertz CT molecular complexity index is 197. The third kappa shape index (κ3) is 1.57. The maximum atomic E-state index is 6.68. The number of allylic oxidation sites excluding steroid dienone is 1. The maximum Gasteiger partial charge on any atom is 0.0380 e. The summed E-state index contributed by atoms with van der Waals surface area (Å²) in [6.07, 6.45) is 6.61. The Morgan fingerprint density at radius 1 is 1.56 bits per heavy atom. The highest BCUT2D eigenvalue weighted by Crippen LogP contribution is 1.94. The van der Waals surface area contributed by atoms with Gasteiger partial charge in [0.2, 0.25) is 0 Å². The van der Waals surface area contributed by atoms with Gasteiger partial charge in [0.25, 0.3) is 0 Å². The molecule has 1 aromatic heterocycles. The first-order valence-corrected chi connectivity index (χ1v) is 2.74. The number of hydrogen-bond acceptors (Lipinski definition) is 1. The summed E-state index contributed by atoms with van der Waals surface area (Å²) >= 11 is 0. The number of hydrogen-bond donors (Lipinski definition) is 2. The zero-order chi connectivity index (χ0) is 6.53. The standard InChI is InChI=1S/C7H8N2/c8-5-1-3-7-4-2-6-9-7/h1-6,8-9H/b3-1-,8-5?. The maximum absolute atomic E-state index is 6.68. The predicted octanol–water partition coefficient (Wildman–Crippen LogP) is 1.68. The number of rotatable bonds is 2. The van der Waals surface area contributed by atoms with E-state index < -0.39 is 0 Å². The lowest BCUT2D eigenvalue weighted by Crippen LogP contribution is -1.66. The first-order chi connectivity index (χ1) is 4.43. The van der Waals surface area contributed by atoms with Crippen molar-refractivity contribution >= 4 is 12.3 Å². The van der Waals surface area contributed by atoms with Crippen molar-refractivity contribution in [3.63, 3.8) is 0 Å². The SMILES string of the molecule is N=C/C=C\c1ccc[nH]1. The minimum absolute atomic E-state index is 1.03. The van der Waals surface area contributed by atoms with Crippen LogP contribution in [0.4, 0.5) is 0 Å². The lowest BCUT2D eigenvalue weighted by atomic mass is 10.4. The number of aromatic amines is 1. The highest BCUT2D eigenvalue weighted by Gasteiger charge is 1.79. The first-order valence-electron chi connectivity index (χ1n) is 2.74. The zero-order valence-electron chi connectivity index (χ0n) is 4.96. The zero-order valence-corrected chi connectivity index (χ0v) is 4.96. The van der Waals surface area contributed by atoms with Gasteiger partial charge in [0.15, 0.2) is 0 Å². The summed E-state index contributed by atoms with van der Waals surface area (Å²) < 4.78 is 0. The predicted molar refractivity (Wildman–Crippen MR) is 38.6 cm³/mol. The van der Waals surface area contributed by atoms with E-state index in [-0.39, 0.29) is 0 Å². The smallest absolute Gasteiger partial charge is 0.0380 e. The molecule has 0 aliphatic rings. The molecule has 0 fully saturated rings. The van der Waals surface area contributed by atoms with E-state index in [4.69, 9.17) is 5.41 Å². The van der Waals surface area contributed by atoms with Crippen LogP contribution in [0, 0.1) is 5.41 Å². The van der Waals surface area contributed by atoms with Crippen molar-refractivity contribution in [1.82, 2.24) is 4.98 Å². The van der Waals surface area contributed by atoms with Gasteiger partial charge >= 0.3 is 0 Å². The van der Waals surface area contributed by atoms with E-state index in [0.717, 1.165) is 5.69 Å². The van der Waals surface area contributed by atoms with Gasteiger partial charge in [-0.05, 0) is 24.3 Å². The molecule has 2 nitrogen and oxygen atoms in total. The Hall–Kier alpha value is -1.31. The molecule has 1 aromatic rings. The van der Waals surface area contributed by atoms with Gasteiger partial charge < -0.3 is 10.4 Å². The third-order valence-electron chi connectivity index (χ3n) is 0.994. The van der Waals surface area contributed by atoms with Crippen molar-refractivity contribution < 1.29 is 0 Å². The molecule has 0 atom stereocenters. The molecule has 1 heterocycles. The van der Waals surface area contributed by atoms with Crippen LogP contribution < -0.4 is 0 Å². The molecule has 2 heteroatoms. The molecule has 0 amide bonds. The Balaban J connectivity index is 2.67. The molecule has 0 spiro atoms. The lowest BCUT2D eigenvalue weighted by Gasteiger charge is -1.78. The molecule has 46 valence electrons. The van der Waals surface area contributed by atoms with Crippen LogP contribution in [0.3, 0.4) is 0 Å². The monoisotopic (exact) mass is 120 g/mol. The molecule has 0 aromatic carbocycles. The fourth-order valence-corrected chi connectivity index (χ4v) is 0.600. The van der Waals surface area contributed by atoms with Crippen LogP contribution in [0.2, 0.25) is 0 Å². The topological polar surface area (TPSA) is 39.6 Å². The molecule has 1 rings (SSSR count). The van der Waals surface area contributed by atoms with Crippen molar-refractivity contribution in [1.29, 1.82) is 5.41 Å². The highest BCUT2D eigenvalue weighted by molar-refractivity contribution is 5.75. The van der Waals surface area contributed by atoms with Crippen LogP contribution >= 0.6 is 0 Å². The average molecular weight is 120 g/mol. The lowest BCUT2D eigenvalue weighted by molar-refractivity contribution is 1.38. The number of H-pyrrole nitrogens is 1. The van der Waals surface area contributed by atoms with Gasteiger partial charge in [-0.3, -0.25) is 0 Å². The van der Waals surface area contributed by atoms with E-state index in [2.05, 4.69) is 4.98 Å². The second-order valence-corrected chi connectivity index (χ2v) is 1.65. The van der Waals surface area contributed by atoms with E-state index in [1.165, 1.54) is 6.21 Å². The van der Waals surface area contributed by atoms with Gasteiger partial charge in [-0.15, -0.1) is 0 Å². The van der Waals surface area contributed by atoms with Crippen LogP contribution in [-0.4, -0.2) is 11.2 Å². The van der Waals surface area contributed by atoms with Crippen LogP contribution in [0.15, 0.2) is 24.4 Å². The normalized spacial score (nSPS) is 10.2. The van der Waals surface area contributed by atoms with Crippen molar-refractivity contribution in [2.45, 2.75) is 0 Å². The van der Waals surface area contributed by atoms with Crippen molar-refractivity contribution in [3.05, 3.63) is 30.1 Å². The van der Waals surface area contributed by atoms with E-state index >= 15 is 0 Å². The van der Waals surface area contributed by atoms with E-state index in [1.807, 2.05) is 24.4 Å². The van der Waals surface area contributed by atoms with Crippen LogP contribution in [-0.2, 0) is 0 Å². The summed E-state index contributed by atoms with van der Waals surface area (Å²) in [6, 6.07) is 3.86.